The van der Waals surface area contributed by atoms with Crippen LogP contribution in [0.15, 0.2) is 6.07 Å². The van der Waals surface area contributed by atoms with E-state index in [0.29, 0.717) is 21.7 Å². The van der Waals surface area contributed by atoms with Crippen LogP contribution in [0, 0.1) is 59.2 Å². The van der Waals surface area contributed by atoms with E-state index >= 15 is 0 Å². The van der Waals surface area contributed by atoms with Gasteiger partial charge < -0.3 is 0 Å². The largest absolute Gasteiger partial charge is 0.192 e. The first kappa shape index (κ1) is 18.3. The van der Waals surface area contributed by atoms with Gasteiger partial charge in [-0.05, 0) is 42.8 Å². The lowest BCUT2D eigenvalue weighted by molar-refractivity contribution is 1.23. The minimum atomic E-state index is 0.0131. The fourth-order valence-corrected chi connectivity index (χ4v) is 4.16. The first-order valence-electron chi connectivity index (χ1n) is 7.29. The Morgan fingerprint density at radius 3 is 2.00 bits per heavy atom. The summed E-state index contributed by atoms with van der Waals surface area (Å²) in [4.78, 5) is 1.67. The maximum absolute atomic E-state index is 9.42. The second-order valence-corrected chi connectivity index (χ2v) is 7.48. The number of rotatable bonds is 2. The summed E-state index contributed by atoms with van der Waals surface area (Å²) in [6.07, 6.45) is 0.394. The van der Waals surface area contributed by atoms with Crippen molar-refractivity contribution in [3.05, 3.63) is 32.5 Å². The number of thiophene rings is 1. The standard InChI is InChI=1S/C19H12N4S2/c1-10(24)4-15-12(3)17(13(6-20)7-21)19-16(5-11(2)25-19)18(15)14(8-22)9-23/h5H,4H2,1-3H3. The molecule has 0 radical (unpaired) electrons. The van der Waals surface area contributed by atoms with Gasteiger partial charge in [0, 0.05) is 31.8 Å². The highest BCUT2D eigenvalue weighted by Crippen LogP contribution is 2.23. The van der Waals surface area contributed by atoms with E-state index in [2.05, 4.69) is 0 Å². The van der Waals surface area contributed by atoms with Crippen molar-refractivity contribution in [2.75, 3.05) is 0 Å². The second-order valence-electron chi connectivity index (χ2n) is 5.53. The van der Waals surface area contributed by atoms with Crippen molar-refractivity contribution in [2.24, 2.45) is 0 Å². The Balaban J connectivity index is 3.41. The summed E-state index contributed by atoms with van der Waals surface area (Å²) < 4.78 is 0.747. The van der Waals surface area contributed by atoms with Crippen LogP contribution in [0.4, 0.5) is 0 Å². The van der Waals surface area contributed by atoms with Crippen LogP contribution in [-0.4, -0.2) is 4.86 Å². The SMILES string of the molecule is CC(=S)Cc1c(C)c(=C(C#N)C#N)c2sc(C)cc2c1=C(C#N)C#N. The fourth-order valence-electron chi connectivity index (χ4n) is 2.89. The van der Waals surface area contributed by atoms with Crippen LogP contribution in [0.2, 0.25) is 0 Å². The van der Waals surface area contributed by atoms with Crippen LogP contribution in [0.3, 0.4) is 0 Å². The Hall–Kier alpha value is -3.03. The van der Waals surface area contributed by atoms with Crippen LogP contribution in [0.25, 0.3) is 21.2 Å². The van der Waals surface area contributed by atoms with Crippen LogP contribution >= 0.6 is 23.6 Å². The normalized spacial score (nSPS) is 9.56. The zero-order chi connectivity index (χ0) is 18.7. The average Bonchev–Trinajstić information content (AvgIpc) is 2.95. The van der Waals surface area contributed by atoms with E-state index in [0.717, 1.165) is 26.1 Å². The maximum atomic E-state index is 9.42. The van der Waals surface area contributed by atoms with E-state index in [1.165, 1.54) is 11.3 Å². The molecule has 0 aliphatic rings. The molecule has 25 heavy (non-hydrogen) atoms. The second kappa shape index (κ2) is 7.25. The Morgan fingerprint density at radius 2 is 1.52 bits per heavy atom. The van der Waals surface area contributed by atoms with Crippen molar-refractivity contribution < 1.29 is 0 Å². The van der Waals surface area contributed by atoms with Gasteiger partial charge in [-0.15, -0.1) is 11.3 Å². The summed E-state index contributed by atoms with van der Waals surface area (Å²) in [5.41, 5.74) is 1.48. The van der Waals surface area contributed by atoms with E-state index in [1.807, 2.05) is 44.2 Å². The molecule has 0 unspecified atom stereocenters. The average molecular weight is 360 g/mol. The summed E-state index contributed by atoms with van der Waals surface area (Å²) in [7, 11) is 0. The summed E-state index contributed by atoms with van der Waals surface area (Å²) in [5.74, 6) is 0. The van der Waals surface area contributed by atoms with Gasteiger partial charge in [-0.25, -0.2) is 0 Å². The number of hydrogen-bond acceptors (Lipinski definition) is 6. The highest BCUT2D eigenvalue weighted by Gasteiger charge is 2.17. The van der Waals surface area contributed by atoms with E-state index < -0.39 is 0 Å². The van der Waals surface area contributed by atoms with Gasteiger partial charge in [-0.1, -0.05) is 12.2 Å². The minimum Gasteiger partial charge on any atom is -0.192 e. The molecule has 0 bridgehead atoms. The number of thiocarbonyl (C=S) groups is 1. The maximum Gasteiger partial charge on any atom is 0.138 e. The summed E-state index contributed by atoms with van der Waals surface area (Å²) in [6.45, 7) is 5.51. The number of aryl methyl sites for hydroxylation is 1. The molecule has 0 amide bonds. The van der Waals surface area contributed by atoms with E-state index in [1.54, 1.807) is 6.92 Å². The van der Waals surface area contributed by atoms with Gasteiger partial charge >= 0.3 is 0 Å². The Bertz CT molecular complexity index is 1170. The van der Waals surface area contributed by atoms with Crippen LogP contribution < -0.4 is 10.4 Å². The molecular formula is C19H12N4S2. The predicted octanol–water partition coefficient (Wildman–Crippen LogP) is 2.85. The molecule has 0 fully saturated rings. The van der Waals surface area contributed by atoms with E-state index in [-0.39, 0.29) is 11.1 Å². The van der Waals surface area contributed by atoms with Crippen LogP contribution in [0.5, 0.6) is 0 Å². The highest BCUT2D eigenvalue weighted by atomic mass is 32.1. The fraction of sp³-hybridized carbons (Fsp3) is 0.211. The molecular weight excluding hydrogens is 348 g/mol. The molecule has 6 heteroatoms. The quantitative estimate of drug-likeness (QED) is 0.767. The smallest absolute Gasteiger partial charge is 0.138 e. The molecule has 0 aliphatic heterocycles. The van der Waals surface area contributed by atoms with Crippen molar-refractivity contribution >= 4 is 49.7 Å². The van der Waals surface area contributed by atoms with Gasteiger partial charge in [-0.2, -0.15) is 21.0 Å². The molecule has 0 saturated carbocycles. The molecule has 1 aromatic heterocycles. The molecule has 2 aromatic rings. The van der Waals surface area contributed by atoms with E-state index in [9.17, 15) is 21.0 Å². The van der Waals surface area contributed by atoms with Crippen molar-refractivity contribution in [3.8, 4) is 24.3 Å². The van der Waals surface area contributed by atoms with Gasteiger partial charge in [0.2, 0.25) is 0 Å². The molecule has 4 nitrogen and oxygen atoms in total. The lowest BCUT2D eigenvalue weighted by Crippen LogP contribution is -2.25. The molecule has 0 atom stereocenters. The molecule has 0 spiro atoms. The summed E-state index contributed by atoms with van der Waals surface area (Å²) in [6, 6.07) is 9.74. The molecule has 1 heterocycles. The molecule has 0 saturated heterocycles. The number of benzene rings is 1. The molecule has 0 N–H and O–H groups in total. The Labute approximate surface area is 154 Å². The van der Waals surface area contributed by atoms with Crippen molar-refractivity contribution in [2.45, 2.75) is 27.2 Å². The molecule has 1 aromatic carbocycles. The molecule has 2 rings (SSSR count). The van der Waals surface area contributed by atoms with Gasteiger partial charge in [0.25, 0.3) is 0 Å². The first-order chi connectivity index (χ1) is 11.9. The lowest BCUT2D eigenvalue weighted by atomic mass is 9.93. The highest BCUT2D eigenvalue weighted by molar-refractivity contribution is 7.80. The lowest BCUT2D eigenvalue weighted by Gasteiger charge is -2.10. The zero-order valence-electron chi connectivity index (χ0n) is 13.9. The Morgan fingerprint density at radius 1 is 1.00 bits per heavy atom. The third-order valence-corrected chi connectivity index (χ3v) is 5.07. The van der Waals surface area contributed by atoms with Crippen molar-refractivity contribution in [3.63, 3.8) is 0 Å². The number of fused-ring (bicyclic) bond motifs is 1. The number of hydrogen-bond donors (Lipinski definition) is 0. The van der Waals surface area contributed by atoms with Gasteiger partial charge in [-0.3, -0.25) is 0 Å². The number of nitrogens with zero attached hydrogens (tertiary/aromatic N) is 4. The number of nitriles is 4. The van der Waals surface area contributed by atoms with E-state index in [4.69, 9.17) is 12.2 Å². The monoisotopic (exact) mass is 360 g/mol. The van der Waals surface area contributed by atoms with Crippen LogP contribution in [-0.2, 0) is 6.42 Å². The zero-order valence-corrected chi connectivity index (χ0v) is 15.5. The molecule has 120 valence electrons. The third kappa shape index (κ3) is 3.15. The van der Waals surface area contributed by atoms with Crippen LogP contribution in [0.1, 0.15) is 22.9 Å². The van der Waals surface area contributed by atoms with Crippen molar-refractivity contribution in [1.29, 1.82) is 21.0 Å². The summed E-state index contributed by atoms with van der Waals surface area (Å²) >= 11 is 6.68. The third-order valence-electron chi connectivity index (χ3n) is 3.85. The Kier molecular flexibility index (Phi) is 5.31. The van der Waals surface area contributed by atoms with Gasteiger partial charge in [0.15, 0.2) is 0 Å². The minimum absolute atomic E-state index is 0.0131. The van der Waals surface area contributed by atoms with Gasteiger partial charge in [0.1, 0.15) is 35.4 Å². The van der Waals surface area contributed by atoms with Crippen molar-refractivity contribution in [1.82, 2.24) is 0 Å². The first-order valence-corrected chi connectivity index (χ1v) is 8.52. The summed E-state index contributed by atoms with van der Waals surface area (Å²) in [5, 5.41) is 39.4. The van der Waals surface area contributed by atoms with Gasteiger partial charge in [0.05, 0.1) is 0 Å². The predicted molar refractivity (Wildman–Crippen MR) is 102 cm³/mol. The molecule has 0 aliphatic carbocycles. The topological polar surface area (TPSA) is 95.2 Å².